The lowest BCUT2D eigenvalue weighted by Crippen LogP contribution is -2.48. The number of rotatable bonds is 3. The van der Waals surface area contributed by atoms with Crippen molar-refractivity contribution in [2.75, 3.05) is 25.1 Å². The predicted octanol–water partition coefficient (Wildman–Crippen LogP) is 1.55. The molecule has 3 rings (SSSR count). The van der Waals surface area contributed by atoms with Crippen molar-refractivity contribution in [1.29, 1.82) is 0 Å². The number of likely N-dealkylation sites (tertiary alicyclic amines) is 1. The summed E-state index contributed by atoms with van der Waals surface area (Å²) in [4.78, 5) is 14.1. The number of amides is 1. The van der Waals surface area contributed by atoms with Gasteiger partial charge in [0.25, 0.3) is 0 Å². The van der Waals surface area contributed by atoms with Crippen molar-refractivity contribution in [1.82, 2.24) is 15.8 Å². The van der Waals surface area contributed by atoms with Crippen molar-refractivity contribution >= 4 is 17.7 Å². The Morgan fingerprint density at radius 1 is 1.38 bits per heavy atom. The van der Waals surface area contributed by atoms with Crippen molar-refractivity contribution in [3.05, 3.63) is 35.6 Å². The van der Waals surface area contributed by atoms with E-state index in [1.807, 2.05) is 23.3 Å². The van der Waals surface area contributed by atoms with Gasteiger partial charge in [-0.3, -0.25) is 10.2 Å². The second-order valence-corrected chi connectivity index (χ2v) is 6.52. The van der Waals surface area contributed by atoms with Gasteiger partial charge in [0.05, 0.1) is 11.8 Å². The van der Waals surface area contributed by atoms with E-state index in [-0.39, 0.29) is 17.8 Å². The Labute approximate surface area is 128 Å². The predicted molar refractivity (Wildman–Crippen MR) is 82.3 cm³/mol. The largest absolute Gasteiger partial charge is 0.342 e. The molecule has 0 saturated carbocycles. The van der Waals surface area contributed by atoms with E-state index in [9.17, 15) is 9.18 Å². The van der Waals surface area contributed by atoms with Crippen molar-refractivity contribution in [2.24, 2.45) is 5.92 Å². The summed E-state index contributed by atoms with van der Waals surface area (Å²) in [7, 11) is 0. The molecule has 3 unspecified atom stereocenters. The van der Waals surface area contributed by atoms with Gasteiger partial charge in [-0.25, -0.2) is 9.82 Å². The summed E-state index contributed by atoms with van der Waals surface area (Å²) in [6.07, 6.45) is 2.90. The summed E-state index contributed by atoms with van der Waals surface area (Å²) in [5.41, 5.74) is 7.70. The van der Waals surface area contributed by atoms with Crippen LogP contribution in [0.1, 0.15) is 18.0 Å². The number of halogens is 1. The fraction of sp³-hybridized carbons (Fsp3) is 0.533. The minimum Gasteiger partial charge on any atom is -0.342 e. The molecule has 21 heavy (non-hydrogen) atoms. The zero-order valence-electron chi connectivity index (χ0n) is 12.0. The maximum atomic E-state index is 13.1. The first-order chi connectivity index (χ1) is 10.2. The Bertz CT molecular complexity index is 510. The highest BCUT2D eigenvalue weighted by molar-refractivity contribution is 7.99. The Balaban J connectivity index is 1.73. The van der Waals surface area contributed by atoms with Gasteiger partial charge in [0.1, 0.15) is 5.82 Å². The molecule has 2 heterocycles. The van der Waals surface area contributed by atoms with Crippen molar-refractivity contribution in [3.63, 3.8) is 0 Å². The second kappa shape index (κ2) is 6.34. The fourth-order valence-electron chi connectivity index (χ4n) is 3.24. The van der Waals surface area contributed by atoms with Crippen LogP contribution in [-0.2, 0) is 4.79 Å². The second-order valence-electron chi connectivity index (χ2n) is 5.65. The SMILES string of the molecule is CSCC(=O)N1CCC2NNC(c3ccc(F)cc3)C2C1. The first-order valence-electron chi connectivity index (χ1n) is 7.22. The number of nitrogens with zero attached hydrogens (tertiary/aromatic N) is 1. The molecule has 0 radical (unpaired) electrons. The van der Waals surface area contributed by atoms with Crippen LogP contribution in [0.2, 0.25) is 0 Å². The van der Waals surface area contributed by atoms with Gasteiger partial charge in [0.15, 0.2) is 0 Å². The van der Waals surface area contributed by atoms with E-state index in [4.69, 9.17) is 0 Å². The van der Waals surface area contributed by atoms with E-state index in [1.54, 1.807) is 11.8 Å². The lowest BCUT2D eigenvalue weighted by Gasteiger charge is -2.36. The van der Waals surface area contributed by atoms with Gasteiger partial charge in [0.2, 0.25) is 5.91 Å². The van der Waals surface area contributed by atoms with Crippen LogP contribution in [0.25, 0.3) is 0 Å². The number of thioether (sulfide) groups is 1. The lowest BCUT2D eigenvalue weighted by molar-refractivity contribution is -0.130. The zero-order chi connectivity index (χ0) is 14.8. The molecule has 1 amide bonds. The molecule has 3 atom stereocenters. The molecule has 0 aromatic heterocycles. The number of hydrogen-bond donors (Lipinski definition) is 2. The maximum absolute atomic E-state index is 13.1. The molecule has 6 heteroatoms. The topological polar surface area (TPSA) is 44.4 Å². The highest BCUT2D eigenvalue weighted by Gasteiger charge is 2.41. The van der Waals surface area contributed by atoms with Gasteiger partial charge >= 0.3 is 0 Å². The molecular weight excluding hydrogens is 289 g/mol. The maximum Gasteiger partial charge on any atom is 0.232 e. The Morgan fingerprint density at radius 2 is 2.14 bits per heavy atom. The molecule has 1 aromatic carbocycles. The minimum absolute atomic E-state index is 0.125. The van der Waals surface area contributed by atoms with Crippen LogP contribution in [0.3, 0.4) is 0 Å². The van der Waals surface area contributed by atoms with Crippen LogP contribution in [0, 0.1) is 11.7 Å². The molecule has 0 bridgehead atoms. The van der Waals surface area contributed by atoms with Crippen LogP contribution >= 0.6 is 11.8 Å². The molecule has 2 aliphatic heterocycles. The average molecular weight is 309 g/mol. The molecule has 0 spiro atoms. The number of hydrogen-bond acceptors (Lipinski definition) is 4. The molecule has 114 valence electrons. The quantitative estimate of drug-likeness (QED) is 0.889. The minimum atomic E-state index is -0.221. The number of carbonyl (C=O) groups excluding carboxylic acids is 1. The average Bonchev–Trinajstić information content (AvgIpc) is 2.91. The van der Waals surface area contributed by atoms with Gasteiger partial charge in [-0.05, 0) is 30.4 Å². The number of fused-ring (bicyclic) bond motifs is 1. The van der Waals surface area contributed by atoms with Gasteiger partial charge in [-0.2, -0.15) is 11.8 Å². The Kier molecular flexibility index (Phi) is 4.47. The molecule has 4 nitrogen and oxygen atoms in total. The number of piperidine rings is 1. The Morgan fingerprint density at radius 3 is 2.86 bits per heavy atom. The third kappa shape index (κ3) is 3.07. The smallest absolute Gasteiger partial charge is 0.232 e. The third-order valence-electron chi connectivity index (χ3n) is 4.36. The molecular formula is C15H20FN3OS. The van der Waals surface area contributed by atoms with E-state index >= 15 is 0 Å². The normalized spacial score (nSPS) is 28.5. The van der Waals surface area contributed by atoms with Crippen LogP contribution in [0.15, 0.2) is 24.3 Å². The van der Waals surface area contributed by atoms with Crippen LogP contribution in [0.4, 0.5) is 4.39 Å². The molecule has 2 N–H and O–H groups in total. The third-order valence-corrected chi connectivity index (χ3v) is 4.90. The molecule has 2 saturated heterocycles. The summed E-state index contributed by atoms with van der Waals surface area (Å²) in [5, 5.41) is 0. The summed E-state index contributed by atoms with van der Waals surface area (Å²) in [6.45, 7) is 1.57. The molecule has 0 aliphatic carbocycles. The van der Waals surface area contributed by atoms with Crippen molar-refractivity contribution < 1.29 is 9.18 Å². The van der Waals surface area contributed by atoms with E-state index in [2.05, 4.69) is 10.9 Å². The first-order valence-corrected chi connectivity index (χ1v) is 8.61. The van der Waals surface area contributed by atoms with E-state index < -0.39 is 0 Å². The van der Waals surface area contributed by atoms with Crippen molar-refractivity contribution in [2.45, 2.75) is 18.5 Å². The first kappa shape index (κ1) is 14.8. The number of benzene rings is 1. The molecule has 2 aliphatic rings. The van der Waals surface area contributed by atoms with Gasteiger partial charge in [-0.15, -0.1) is 0 Å². The summed E-state index contributed by atoms with van der Waals surface area (Å²) >= 11 is 1.56. The summed E-state index contributed by atoms with van der Waals surface area (Å²) < 4.78 is 13.1. The Hall–Kier alpha value is -1.11. The highest BCUT2D eigenvalue weighted by atomic mass is 32.2. The lowest BCUT2D eigenvalue weighted by atomic mass is 9.85. The number of nitrogens with one attached hydrogen (secondary N) is 2. The monoisotopic (exact) mass is 309 g/mol. The van der Waals surface area contributed by atoms with Crippen LogP contribution in [0.5, 0.6) is 0 Å². The highest BCUT2D eigenvalue weighted by Crippen LogP contribution is 2.33. The van der Waals surface area contributed by atoms with Gasteiger partial charge in [-0.1, -0.05) is 12.1 Å². The van der Waals surface area contributed by atoms with Crippen LogP contribution < -0.4 is 10.9 Å². The zero-order valence-corrected chi connectivity index (χ0v) is 12.8. The van der Waals surface area contributed by atoms with Crippen molar-refractivity contribution in [3.8, 4) is 0 Å². The molecule has 1 aromatic rings. The van der Waals surface area contributed by atoms with E-state index in [0.717, 1.165) is 25.1 Å². The van der Waals surface area contributed by atoms with Crippen LogP contribution in [-0.4, -0.2) is 41.9 Å². The number of hydrazine groups is 1. The van der Waals surface area contributed by atoms with Gasteiger partial charge in [0, 0.05) is 25.0 Å². The fourth-order valence-corrected chi connectivity index (χ4v) is 3.67. The standard InChI is InChI=1S/C15H20FN3OS/c1-21-9-14(20)19-7-6-13-12(8-19)15(18-17-13)10-2-4-11(16)5-3-10/h2-5,12-13,15,17-18H,6-9H2,1H3. The van der Waals surface area contributed by atoms with Gasteiger partial charge < -0.3 is 4.90 Å². The van der Waals surface area contributed by atoms with E-state index in [1.165, 1.54) is 12.1 Å². The van der Waals surface area contributed by atoms with E-state index in [0.29, 0.717) is 17.7 Å². The molecule has 2 fully saturated rings. The summed E-state index contributed by atoms with van der Waals surface area (Å²) in [5.74, 6) is 0.863. The number of carbonyl (C=O) groups is 1. The summed E-state index contributed by atoms with van der Waals surface area (Å²) in [6, 6.07) is 7.12.